The van der Waals surface area contributed by atoms with E-state index in [1.807, 2.05) is 18.2 Å². The van der Waals surface area contributed by atoms with Gasteiger partial charge in [-0.3, -0.25) is 0 Å². The average molecular weight is 258 g/mol. The lowest BCUT2D eigenvalue weighted by Gasteiger charge is -2.06. The summed E-state index contributed by atoms with van der Waals surface area (Å²) in [6.07, 6.45) is 7.61. The van der Waals surface area contributed by atoms with Gasteiger partial charge in [-0.1, -0.05) is 24.3 Å². The van der Waals surface area contributed by atoms with Gasteiger partial charge in [0.2, 0.25) is 0 Å². The number of carbonyl (C=O) groups excluding carboxylic acids is 1. The standard InChI is InChI=1S/C16H18O3/c1-18-14-10-8-13(9-11-14)15(12-6-7-12)4-3-5-16(17)19-2/h3-5,8-12H,6-7H2,1-2H3. The number of allylic oxidation sites excluding steroid dienone is 3. The fourth-order valence-electron chi connectivity index (χ4n) is 1.94. The van der Waals surface area contributed by atoms with Crippen molar-refractivity contribution in [3.05, 3.63) is 48.1 Å². The maximum atomic E-state index is 11.0. The summed E-state index contributed by atoms with van der Waals surface area (Å²) in [5.74, 6) is 1.13. The molecular weight excluding hydrogens is 240 g/mol. The number of esters is 1. The fourth-order valence-corrected chi connectivity index (χ4v) is 1.94. The highest BCUT2D eigenvalue weighted by Gasteiger charge is 2.26. The Morgan fingerprint density at radius 3 is 2.42 bits per heavy atom. The lowest BCUT2D eigenvalue weighted by atomic mass is 10.0. The molecule has 0 atom stereocenters. The zero-order chi connectivity index (χ0) is 13.7. The van der Waals surface area contributed by atoms with Crippen molar-refractivity contribution >= 4 is 11.5 Å². The van der Waals surface area contributed by atoms with E-state index in [-0.39, 0.29) is 5.97 Å². The van der Waals surface area contributed by atoms with Crippen LogP contribution in [0.15, 0.2) is 42.5 Å². The molecule has 0 spiro atoms. The van der Waals surface area contributed by atoms with Crippen molar-refractivity contribution in [3.63, 3.8) is 0 Å². The van der Waals surface area contributed by atoms with Crippen molar-refractivity contribution < 1.29 is 14.3 Å². The van der Waals surface area contributed by atoms with Crippen LogP contribution < -0.4 is 4.74 Å². The minimum absolute atomic E-state index is 0.332. The van der Waals surface area contributed by atoms with E-state index < -0.39 is 0 Å². The molecule has 3 heteroatoms. The number of benzene rings is 1. The van der Waals surface area contributed by atoms with Crippen LogP contribution in [0, 0.1) is 5.92 Å². The second-order valence-electron chi connectivity index (χ2n) is 4.51. The summed E-state index contributed by atoms with van der Waals surface area (Å²) in [6, 6.07) is 8.01. The number of methoxy groups -OCH3 is 2. The van der Waals surface area contributed by atoms with Gasteiger partial charge in [0.25, 0.3) is 0 Å². The summed E-state index contributed by atoms with van der Waals surface area (Å²) in [5.41, 5.74) is 2.45. The third-order valence-corrected chi connectivity index (χ3v) is 3.15. The Labute approximate surface area is 113 Å². The first-order valence-corrected chi connectivity index (χ1v) is 6.35. The first-order valence-electron chi connectivity index (χ1n) is 6.35. The molecule has 0 unspecified atom stereocenters. The molecule has 1 saturated carbocycles. The van der Waals surface area contributed by atoms with Gasteiger partial charge in [-0.25, -0.2) is 4.79 Å². The third-order valence-electron chi connectivity index (χ3n) is 3.15. The number of hydrogen-bond acceptors (Lipinski definition) is 3. The Bertz CT molecular complexity index is 493. The van der Waals surface area contributed by atoms with E-state index >= 15 is 0 Å². The summed E-state index contributed by atoms with van der Waals surface area (Å²) in [5, 5.41) is 0. The molecule has 1 aliphatic rings. The van der Waals surface area contributed by atoms with Crippen molar-refractivity contribution in [3.8, 4) is 5.75 Å². The van der Waals surface area contributed by atoms with Crippen LogP contribution in [0.2, 0.25) is 0 Å². The maximum Gasteiger partial charge on any atom is 0.330 e. The van der Waals surface area contributed by atoms with Crippen LogP contribution in [0.4, 0.5) is 0 Å². The summed E-state index contributed by atoms with van der Waals surface area (Å²) in [6.45, 7) is 0. The van der Waals surface area contributed by atoms with Crippen LogP contribution in [-0.2, 0) is 9.53 Å². The highest BCUT2D eigenvalue weighted by Crippen LogP contribution is 2.42. The molecule has 2 rings (SSSR count). The molecule has 100 valence electrons. The largest absolute Gasteiger partial charge is 0.497 e. The fraction of sp³-hybridized carbons (Fsp3) is 0.312. The van der Waals surface area contributed by atoms with Gasteiger partial charge in [0, 0.05) is 6.08 Å². The van der Waals surface area contributed by atoms with Gasteiger partial charge in [0.05, 0.1) is 14.2 Å². The molecule has 19 heavy (non-hydrogen) atoms. The van der Waals surface area contributed by atoms with Crippen LogP contribution in [0.1, 0.15) is 18.4 Å². The van der Waals surface area contributed by atoms with Gasteiger partial charge >= 0.3 is 5.97 Å². The predicted octanol–water partition coefficient (Wildman–Crippen LogP) is 3.22. The Morgan fingerprint density at radius 1 is 1.21 bits per heavy atom. The molecule has 3 nitrogen and oxygen atoms in total. The second kappa shape index (κ2) is 6.23. The van der Waals surface area contributed by atoms with E-state index in [9.17, 15) is 4.79 Å². The minimum Gasteiger partial charge on any atom is -0.497 e. The second-order valence-corrected chi connectivity index (χ2v) is 4.51. The molecule has 0 aromatic heterocycles. The lowest BCUT2D eigenvalue weighted by molar-refractivity contribution is -0.134. The molecule has 0 radical (unpaired) electrons. The van der Waals surface area contributed by atoms with Gasteiger partial charge < -0.3 is 9.47 Å². The van der Waals surface area contributed by atoms with Crippen LogP contribution >= 0.6 is 0 Å². The van der Waals surface area contributed by atoms with Crippen LogP contribution in [-0.4, -0.2) is 20.2 Å². The van der Waals surface area contributed by atoms with Crippen molar-refractivity contribution in [1.29, 1.82) is 0 Å². The van der Waals surface area contributed by atoms with E-state index in [0.717, 1.165) is 5.75 Å². The van der Waals surface area contributed by atoms with E-state index in [2.05, 4.69) is 16.9 Å². The van der Waals surface area contributed by atoms with E-state index in [1.54, 1.807) is 13.2 Å². The Balaban J connectivity index is 2.17. The Kier molecular flexibility index (Phi) is 4.39. The van der Waals surface area contributed by atoms with Gasteiger partial charge in [0.1, 0.15) is 5.75 Å². The maximum absolute atomic E-state index is 11.0. The third kappa shape index (κ3) is 3.71. The smallest absolute Gasteiger partial charge is 0.330 e. The van der Waals surface area contributed by atoms with Crippen LogP contribution in [0.5, 0.6) is 5.75 Å². The van der Waals surface area contributed by atoms with Crippen LogP contribution in [0.3, 0.4) is 0 Å². The highest BCUT2D eigenvalue weighted by atomic mass is 16.5. The van der Waals surface area contributed by atoms with E-state index in [0.29, 0.717) is 5.92 Å². The molecule has 0 bridgehead atoms. The summed E-state index contributed by atoms with van der Waals surface area (Å²) >= 11 is 0. The lowest BCUT2D eigenvalue weighted by Crippen LogP contribution is -1.93. The predicted molar refractivity (Wildman–Crippen MR) is 74.9 cm³/mol. The topological polar surface area (TPSA) is 35.5 Å². The SMILES string of the molecule is COC(=O)C=CC=C(c1ccc(OC)cc1)C1CC1. The molecule has 0 amide bonds. The summed E-state index contributed by atoms with van der Waals surface area (Å²) < 4.78 is 9.73. The number of hydrogen-bond donors (Lipinski definition) is 0. The molecule has 1 aliphatic carbocycles. The molecule has 0 heterocycles. The first-order chi connectivity index (χ1) is 9.24. The van der Waals surface area contributed by atoms with Crippen LogP contribution in [0.25, 0.3) is 5.57 Å². The number of ether oxygens (including phenoxy) is 2. The summed E-state index contributed by atoms with van der Waals surface area (Å²) in [7, 11) is 3.04. The Morgan fingerprint density at radius 2 is 1.89 bits per heavy atom. The Hall–Kier alpha value is -2.03. The molecule has 0 aliphatic heterocycles. The molecule has 1 aromatic carbocycles. The van der Waals surface area contributed by atoms with Crippen molar-refractivity contribution in [2.75, 3.05) is 14.2 Å². The molecule has 1 aromatic rings. The molecule has 0 saturated heterocycles. The van der Waals surface area contributed by atoms with Crippen molar-refractivity contribution in [1.82, 2.24) is 0 Å². The first kappa shape index (κ1) is 13.4. The zero-order valence-electron chi connectivity index (χ0n) is 11.3. The van der Waals surface area contributed by atoms with E-state index in [4.69, 9.17) is 4.74 Å². The van der Waals surface area contributed by atoms with Gasteiger partial charge in [-0.15, -0.1) is 0 Å². The van der Waals surface area contributed by atoms with Gasteiger partial charge in [0.15, 0.2) is 0 Å². The van der Waals surface area contributed by atoms with Crippen molar-refractivity contribution in [2.45, 2.75) is 12.8 Å². The molecule has 0 N–H and O–H groups in total. The summed E-state index contributed by atoms with van der Waals surface area (Å²) in [4.78, 5) is 11.0. The molecular formula is C16H18O3. The van der Waals surface area contributed by atoms with E-state index in [1.165, 1.54) is 37.2 Å². The van der Waals surface area contributed by atoms with Gasteiger partial charge in [-0.2, -0.15) is 0 Å². The number of carbonyl (C=O) groups is 1. The number of rotatable bonds is 5. The van der Waals surface area contributed by atoms with Gasteiger partial charge in [-0.05, 0) is 42.0 Å². The van der Waals surface area contributed by atoms with Crippen molar-refractivity contribution in [2.24, 2.45) is 5.92 Å². The minimum atomic E-state index is -0.332. The molecule has 1 fully saturated rings. The normalized spacial score (nSPS) is 15.6. The quantitative estimate of drug-likeness (QED) is 0.462. The highest BCUT2D eigenvalue weighted by molar-refractivity contribution is 5.83. The monoisotopic (exact) mass is 258 g/mol. The zero-order valence-corrected chi connectivity index (χ0v) is 11.3. The average Bonchev–Trinajstić information content (AvgIpc) is 3.28.